The molecule has 0 saturated carbocycles. The molecule has 0 aliphatic rings. The Bertz CT molecular complexity index is 1090. The molecular weight excluding hydrogens is 420 g/mol. The molecule has 32 heavy (non-hydrogen) atoms. The Hall–Kier alpha value is -4.28. The third kappa shape index (κ3) is 5.88. The second kappa shape index (κ2) is 10.2. The molecule has 0 bridgehead atoms. The number of aromatic nitrogens is 2. The van der Waals surface area contributed by atoms with E-state index in [2.05, 4.69) is 15.5 Å². The van der Waals surface area contributed by atoms with Crippen LogP contribution >= 0.6 is 0 Å². The topological polar surface area (TPSA) is 147 Å². The zero-order valence-electron chi connectivity index (χ0n) is 17.3. The summed E-state index contributed by atoms with van der Waals surface area (Å²) in [6.45, 7) is 1.11. The second-order valence-corrected chi connectivity index (χ2v) is 6.71. The quantitative estimate of drug-likeness (QED) is 0.301. The van der Waals surface area contributed by atoms with Crippen molar-refractivity contribution in [2.75, 3.05) is 7.11 Å². The second-order valence-electron chi connectivity index (χ2n) is 6.71. The molecule has 0 saturated heterocycles. The van der Waals surface area contributed by atoms with Crippen LogP contribution < -0.4 is 10.1 Å². The van der Waals surface area contributed by atoms with Gasteiger partial charge in [-0.1, -0.05) is 17.3 Å². The number of methoxy groups -OCH3 is 1. The van der Waals surface area contributed by atoms with Gasteiger partial charge in [0.2, 0.25) is 11.7 Å². The fraction of sp³-hybridized carbons (Fsp3) is 0.238. The molecule has 1 atom stereocenters. The van der Waals surface area contributed by atoms with Crippen molar-refractivity contribution in [2.45, 2.75) is 26.0 Å². The Kier molecular flexibility index (Phi) is 7.11. The van der Waals surface area contributed by atoms with E-state index in [1.165, 1.54) is 31.2 Å². The summed E-state index contributed by atoms with van der Waals surface area (Å²) >= 11 is 0. The lowest BCUT2D eigenvalue weighted by Crippen LogP contribution is -2.28. The SMILES string of the molecule is COc1ccc(C(CC(=O)OCc2nc(-c3ccc([N+](=O)[O-])cc3)no2)NC(C)=O)cc1. The van der Waals surface area contributed by atoms with Gasteiger partial charge in [-0.3, -0.25) is 19.7 Å². The highest BCUT2D eigenvalue weighted by molar-refractivity contribution is 5.76. The minimum Gasteiger partial charge on any atom is -0.497 e. The van der Waals surface area contributed by atoms with E-state index in [0.29, 0.717) is 11.3 Å². The number of amides is 1. The lowest BCUT2D eigenvalue weighted by molar-refractivity contribution is -0.384. The number of nitrogens with zero attached hydrogens (tertiary/aromatic N) is 3. The van der Waals surface area contributed by atoms with Gasteiger partial charge in [-0.05, 0) is 29.8 Å². The molecular formula is C21H20N4O7. The number of esters is 1. The summed E-state index contributed by atoms with van der Waals surface area (Å²) in [6, 6.07) is 12.0. The van der Waals surface area contributed by atoms with E-state index < -0.39 is 16.9 Å². The average molecular weight is 440 g/mol. The van der Waals surface area contributed by atoms with E-state index in [4.69, 9.17) is 14.0 Å². The van der Waals surface area contributed by atoms with Gasteiger partial charge in [0.25, 0.3) is 11.6 Å². The Balaban J connectivity index is 1.60. The summed E-state index contributed by atoms with van der Waals surface area (Å²) < 4.78 is 15.4. The van der Waals surface area contributed by atoms with Gasteiger partial charge in [-0.25, -0.2) is 0 Å². The Morgan fingerprint density at radius 2 is 1.84 bits per heavy atom. The maximum absolute atomic E-state index is 12.3. The van der Waals surface area contributed by atoms with Crippen LogP contribution in [-0.4, -0.2) is 34.1 Å². The molecule has 0 fully saturated rings. The van der Waals surface area contributed by atoms with Crippen LogP contribution in [0.3, 0.4) is 0 Å². The van der Waals surface area contributed by atoms with Crippen LogP contribution in [0.15, 0.2) is 53.1 Å². The van der Waals surface area contributed by atoms with Gasteiger partial charge in [0.05, 0.1) is 24.5 Å². The Morgan fingerprint density at radius 3 is 2.44 bits per heavy atom. The van der Waals surface area contributed by atoms with Crippen molar-refractivity contribution >= 4 is 17.6 Å². The number of nitro groups is 1. The summed E-state index contributed by atoms with van der Waals surface area (Å²) in [6.07, 6.45) is -0.102. The number of non-ortho nitro benzene ring substituents is 1. The first-order valence-corrected chi connectivity index (χ1v) is 9.50. The Labute approximate surface area is 182 Å². The van der Waals surface area contributed by atoms with Gasteiger partial charge < -0.3 is 19.3 Å². The lowest BCUT2D eigenvalue weighted by atomic mass is 10.0. The van der Waals surface area contributed by atoms with Gasteiger partial charge in [-0.15, -0.1) is 0 Å². The van der Waals surface area contributed by atoms with Crippen molar-refractivity contribution in [3.05, 3.63) is 70.1 Å². The van der Waals surface area contributed by atoms with E-state index in [1.807, 2.05) is 0 Å². The minimum absolute atomic E-state index is 0.0583. The maximum Gasteiger partial charge on any atom is 0.308 e. The molecule has 11 heteroatoms. The number of carbonyl (C=O) groups is 2. The summed E-state index contributed by atoms with van der Waals surface area (Å²) in [5, 5.41) is 17.2. The van der Waals surface area contributed by atoms with Gasteiger partial charge in [0.1, 0.15) is 5.75 Å². The predicted octanol–water partition coefficient (Wildman–Crippen LogP) is 2.96. The highest BCUT2D eigenvalue weighted by Crippen LogP contribution is 2.22. The molecule has 0 spiro atoms. The van der Waals surface area contributed by atoms with Gasteiger partial charge >= 0.3 is 5.97 Å². The molecule has 0 radical (unpaired) electrons. The Morgan fingerprint density at radius 1 is 1.16 bits per heavy atom. The minimum atomic E-state index is -0.579. The summed E-state index contributed by atoms with van der Waals surface area (Å²) in [7, 11) is 1.54. The van der Waals surface area contributed by atoms with E-state index >= 15 is 0 Å². The van der Waals surface area contributed by atoms with E-state index in [9.17, 15) is 19.7 Å². The van der Waals surface area contributed by atoms with Crippen molar-refractivity contribution in [3.8, 4) is 17.1 Å². The first kappa shape index (κ1) is 22.4. The standard InChI is InChI=1S/C21H20N4O7/c1-13(26)22-18(14-5-9-17(30-2)10-6-14)11-20(27)31-12-19-23-21(24-32-19)15-3-7-16(8-4-15)25(28)29/h3-10,18H,11-12H2,1-2H3,(H,22,26). The number of benzene rings is 2. The molecule has 1 aromatic heterocycles. The summed E-state index contributed by atoms with van der Waals surface area (Å²) in [4.78, 5) is 38.2. The van der Waals surface area contributed by atoms with E-state index in [-0.39, 0.29) is 36.3 Å². The molecule has 1 heterocycles. The number of hydrogen-bond donors (Lipinski definition) is 1. The molecule has 2 aromatic carbocycles. The molecule has 1 N–H and O–H groups in total. The van der Waals surface area contributed by atoms with Crippen molar-refractivity contribution in [1.82, 2.24) is 15.5 Å². The summed E-state index contributed by atoms with van der Waals surface area (Å²) in [5.41, 5.74) is 1.18. The van der Waals surface area contributed by atoms with Crippen LogP contribution in [0, 0.1) is 10.1 Å². The fourth-order valence-electron chi connectivity index (χ4n) is 2.86. The van der Waals surface area contributed by atoms with Crippen LogP contribution in [0.25, 0.3) is 11.4 Å². The average Bonchev–Trinajstić information content (AvgIpc) is 3.26. The molecule has 3 rings (SSSR count). The van der Waals surface area contributed by atoms with Crippen molar-refractivity contribution < 1.29 is 28.5 Å². The number of ether oxygens (including phenoxy) is 2. The molecule has 0 aliphatic carbocycles. The molecule has 1 unspecified atom stereocenters. The fourth-order valence-corrected chi connectivity index (χ4v) is 2.86. The predicted molar refractivity (Wildman–Crippen MR) is 110 cm³/mol. The lowest BCUT2D eigenvalue weighted by Gasteiger charge is -2.17. The molecule has 3 aromatic rings. The number of nitrogens with one attached hydrogen (secondary N) is 1. The van der Waals surface area contributed by atoms with E-state index in [1.54, 1.807) is 31.4 Å². The molecule has 166 valence electrons. The number of nitro benzene ring substituents is 1. The number of carbonyl (C=O) groups excluding carboxylic acids is 2. The smallest absolute Gasteiger partial charge is 0.308 e. The first-order valence-electron chi connectivity index (χ1n) is 9.50. The van der Waals surface area contributed by atoms with Crippen LogP contribution in [0.5, 0.6) is 5.75 Å². The van der Waals surface area contributed by atoms with Gasteiger partial charge in [0, 0.05) is 24.6 Å². The van der Waals surface area contributed by atoms with Crippen molar-refractivity contribution in [2.24, 2.45) is 0 Å². The largest absolute Gasteiger partial charge is 0.497 e. The van der Waals surface area contributed by atoms with Gasteiger partial charge in [0.15, 0.2) is 6.61 Å². The molecule has 11 nitrogen and oxygen atoms in total. The van der Waals surface area contributed by atoms with Crippen molar-refractivity contribution in [3.63, 3.8) is 0 Å². The number of hydrogen-bond acceptors (Lipinski definition) is 9. The van der Waals surface area contributed by atoms with Crippen molar-refractivity contribution in [1.29, 1.82) is 0 Å². The van der Waals surface area contributed by atoms with Crippen LogP contribution in [0.2, 0.25) is 0 Å². The maximum atomic E-state index is 12.3. The zero-order chi connectivity index (χ0) is 23.1. The van der Waals surface area contributed by atoms with Crippen LogP contribution in [0.4, 0.5) is 5.69 Å². The third-order valence-electron chi connectivity index (χ3n) is 4.43. The number of rotatable bonds is 9. The van der Waals surface area contributed by atoms with Crippen LogP contribution in [0.1, 0.15) is 30.8 Å². The highest BCUT2D eigenvalue weighted by atomic mass is 16.6. The van der Waals surface area contributed by atoms with E-state index in [0.717, 1.165) is 5.56 Å². The molecule has 1 amide bonds. The molecule has 0 aliphatic heterocycles. The first-order chi connectivity index (χ1) is 15.4. The normalized spacial score (nSPS) is 11.4. The summed E-state index contributed by atoms with van der Waals surface area (Å²) in [5.74, 6) is 0.0589. The monoisotopic (exact) mass is 440 g/mol. The van der Waals surface area contributed by atoms with Gasteiger partial charge in [-0.2, -0.15) is 4.98 Å². The third-order valence-corrected chi connectivity index (χ3v) is 4.43. The van der Waals surface area contributed by atoms with Crippen LogP contribution in [-0.2, 0) is 20.9 Å². The highest BCUT2D eigenvalue weighted by Gasteiger charge is 2.19. The zero-order valence-corrected chi connectivity index (χ0v) is 17.3.